The van der Waals surface area contributed by atoms with E-state index in [0.717, 1.165) is 56.6 Å². The van der Waals surface area contributed by atoms with E-state index >= 15 is 0 Å². The van der Waals surface area contributed by atoms with Crippen molar-refractivity contribution >= 4 is 11.6 Å². The topological polar surface area (TPSA) is 38.3 Å². The number of benzene rings is 2. The molecule has 0 radical (unpaired) electrons. The van der Waals surface area contributed by atoms with Gasteiger partial charge in [0.25, 0.3) is 0 Å². The molecule has 1 aliphatic heterocycles. The van der Waals surface area contributed by atoms with Gasteiger partial charge in [-0.15, -0.1) is 0 Å². The summed E-state index contributed by atoms with van der Waals surface area (Å²) in [7, 11) is 0. The molecule has 164 valence electrons. The Labute approximate surface area is 183 Å². The predicted molar refractivity (Wildman–Crippen MR) is 127 cm³/mol. The summed E-state index contributed by atoms with van der Waals surface area (Å²) in [6, 6.07) is 16.3. The number of para-hydroxylation sites is 1. The number of unbranched alkanes of at least 4 members (excludes halogenated alkanes) is 3. The SMILES string of the molecule is CCCCCC1(CCCC)C(=O)Nc2ccccc21.CCCOc1ccc(C)cc1. The molecule has 0 saturated carbocycles. The molecular formula is C27H39NO2. The van der Waals surface area contributed by atoms with Crippen LogP contribution in [0.1, 0.15) is 83.3 Å². The van der Waals surface area contributed by atoms with E-state index in [1.54, 1.807) is 0 Å². The van der Waals surface area contributed by atoms with Crippen molar-refractivity contribution in [1.82, 2.24) is 0 Å². The molecule has 1 heterocycles. The first-order valence-electron chi connectivity index (χ1n) is 11.7. The number of aryl methyl sites for hydroxylation is 1. The largest absolute Gasteiger partial charge is 0.494 e. The average molecular weight is 410 g/mol. The number of fused-ring (bicyclic) bond motifs is 1. The van der Waals surface area contributed by atoms with Crippen LogP contribution < -0.4 is 10.1 Å². The average Bonchev–Trinajstić information content (AvgIpc) is 3.04. The number of rotatable bonds is 10. The maximum atomic E-state index is 12.5. The van der Waals surface area contributed by atoms with Gasteiger partial charge in [0.2, 0.25) is 5.91 Å². The fourth-order valence-corrected chi connectivity index (χ4v) is 4.00. The lowest BCUT2D eigenvalue weighted by molar-refractivity contribution is -0.121. The van der Waals surface area contributed by atoms with Crippen LogP contribution in [-0.4, -0.2) is 12.5 Å². The van der Waals surface area contributed by atoms with Gasteiger partial charge in [0.05, 0.1) is 12.0 Å². The molecule has 1 amide bonds. The van der Waals surface area contributed by atoms with Crippen LogP contribution in [0, 0.1) is 6.92 Å². The highest BCUT2D eigenvalue weighted by Crippen LogP contribution is 2.44. The molecule has 0 bridgehead atoms. The van der Waals surface area contributed by atoms with Crippen molar-refractivity contribution in [2.45, 2.75) is 84.5 Å². The van der Waals surface area contributed by atoms with Crippen LogP contribution in [-0.2, 0) is 10.2 Å². The van der Waals surface area contributed by atoms with Gasteiger partial charge in [-0.05, 0) is 49.9 Å². The molecule has 2 aromatic carbocycles. The van der Waals surface area contributed by atoms with Gasteiger partial charge in [0.15, 0.2) is 0 Å². The van der Waals surface area contributed by atoms with Gasteiger partial charge in [0.1, 0.15) is 5.75 Å². The van der Waals surface area contributed by atoms with Crippen molar-refractivity contribution in [3.05, 3.63) is 59.7 Å². The number of hydrogen-bond donors (Lipinski definition) is 1. The molecule has 1 N–H and O–H groups in total. The molecule has 3 rings (SSSR count). The molecule has 30 heavy (non-hydrogen) atoms. The molecule has 1 aliphatic rings. The van der Waals surface area contributed by atoms with Gasteiger partial charge < -0.3 is 10.1 Å². The lowest BCUT2D eigenvalue weighted by Crippen LogP contribution is -2.34. The lowest BCUT2D eigenvalue weighted by Gasteiger charge is -2.27. The third kappa shape index (κ3) is 6.35. The van der Waals surface area contributed by atoms with Gasteiger partial charge in [-0.25, -0.2) is 0 Å². The van der Waals surface area contributed by atoms with Gasteiger partial charge in [-0.1, -0.05) is 88.8 Å². The number of carbonyl (C=O) groups is 1. The first-order chi connectivity index (χ1) is 14.6. The molecule has 0 aromatic heterocycles. The normalized spacial score (nSPS) is 17.0. The molecule has 0 fully saturated rings. The van der Waals surface area contributed by atoms with E-state index in [0.29, 0.717) is 0 Å². The van der Waals surface area contributed by atoms with Crippen molar-refractivity contribution < 1.29 is 9.53 Å². The molecule has 1 unspecified atom stereocenters. The van der Waals surface area contributed by atoms with Gasteiger partial charge in [0, 0.05) is 5.69 Å². The van der Waals surface area contributed by atoms with Crippen molar-refractivity contribution in [2.75, 3.05) is 11.9 Å². The van der Waals surface area contributed by atoms with E-state index in [-0.39, 0.29) is 11.3 Å². The number of hydrogen-bond acceptors (Lipinski definition) is 2. The summed E-state index contributed by atoms with van der Waals surface area (Å²) in [5, 5.41) is 3.09. The molecule has 3 heteroatoms. The Bertz CT molecular complexity index is 769. The van der Waals surface area contributed by atoms with Crippen LogP contribution in [0.25, 0.3) is 0 Å². The first-order valence-corrected chi connectivity index (χ1v) is 11.7. The molecule has 0 spiro atoms. The zero-order valence-corrected chi connectivity index (χ0v) is 19.3. The summed E-state index contributed by atoms with van der Waals surface area (Å²) in [5.41, 5.74) is 3.26. The Morgan fingerprint density at radius 1 is 0.833 bits per heavy atom. The fraction of sp³-hybridized carbons (Fsp3) is 0.519. The van der Waals surface area contributed by atoms with Gasteiger partial charge >= 0.3 is 0 Å². The quantitative estimate of drug-likeness (QED) is 0.414. The Morgan fingerprint density at radius 3 is 2.17 bits per heavy atom. The predicted octanol–water partition coefficient (Wildman–Crippen LogP) is 7.43. The molecule has 0 aliphatic carbocycles. The molecule has 1 atom stereocenters. The van der Waals surface area contributed by atoms with Crippen LogP contribution in [0.3, 0.4) is 0 Å². The van der Waals surface area contributed by atoms with Gasteiger partial charge in [-0.2, -0.15) is 0 Å². The molecule has 3 nitrogen and oxygen atoms in total. The number of amides is 1. The van der Waals surface area contributed by atoms with Gasteiger partial charge in [-0.3, -0.25) is 4.79 Å². The summed E-state index contributed by atoms with van der Waals surface area (Å²) in [6.45, 7) is 9.39. The number of anilines is 1. The maximum absolute atomic E-state index is 12.5. The lowest BCUT2D eigenvalue weighted by atomic mass is 9.73. The van der Waals surface area contributed by atoms with E-state index in [9.17, 15) is 4.79 Å². The van der Waals surface area contributed by atoms with E-state index in [1.807, 2.05) is 24.3 Å². The third-order valence-corrected chi connectivity index (χ3v) is 5.78. The van der Waals surface area contributed by atoms with Crippen molar-refractivity contribution in [1.29, 1.82) is 0 Å². The van der Waals surface area contributed by atoms with Crippen molar-refractivity contribution in [3.63, 3.8) is 0 Å². The minimum Gasteiger partial charge on any atom is -0.494 e. The summed E-state index contributed by atoms with van der Waals surface area (Å²) < 4.78 is 5.41. The standard InChI is InChI=1S/C17H25NO.C10H14O/c1-3-5-9-13-17(12-6-4-2)14-10-7-8-11-15(14)18-16(17)19;1-3-8-11-10-6-4-9(2)5-7-10/h7-8,10-11H,3-6,9,12-13H2,1-2H3,(H,18,19);4-7H,3,8H2,1-2H3. The highest BCUT2D eigenvalue weighted by Gasteiger charge is 2.45. The maximum Gasteiger partial charge on any atom is 0.235 e. The van der Waals surface area contributed by atoms with E-state index in [1.165, 1.54) is 24.0 Å². The van der Waals surface area contributed by atoms with E-state index in [2.05, 4.69) is 57.3 Å². The van der Waals surface area contributed by atoms with Crippen LogP contribution in [0.2, 0.25) is 0 Å². The van der Waals surface area contributed by atoms with Crippen molar-refractivity contribution in [3.8, 4) is 5.75 Å². The van der Waals surface area contributed by atoms with Crippen molar-refractivity contribution in [2.24, 2.45) is 0 Å². The number of carbonyl (C=O) groups excluding carboxylic acids is 1. The second-order valence-corrected chi connectivity index (χ2v) is 8.30. The van der Waals surface area contributed by atoms with Crippen LogP contribution in [0.4, 0.5) is 5.69 Å². The smallest absolute Gasteiger partial charge is 0.235 e. The zero-order valence-electron chi connectivity index (χ0n) is 19.3. The highest BCUT2D eigenvalue weighted by atomic mass is 16.5. The monoisotopic (exact) mass is 409 g/mol. The van der Waals surface area contributed by atoms with E-state index in [4.69, 9.17) is 4.74 Å². The second-order valence-electron chi connectivity index (χ2n) is 8.30. The van der Waals surface area contributed by atoms with E-state index < -0.39 is 0 Å². The third-order valence-electron chi connectivity index (χ3n) is 5.78. The fourth-order valence-electron chi connectivity index (χ4n) is 4.00. The molecule has 0 saturated heterocycles. The summed E-state index contributed by atoms with van der Waals surface area (Å²) >= 11 is 0. The summed E-state index contributed by atoms with van der Waals surface area (Å²) in [6.07, 6.45) is 8.85. The minimum absolute atomic E-state index is 0.221. The molecule has 2 aromatic rings. The summed E-state index contributed by atoms with van der Waals surface area (Å²) in [4.78, 5) is 12.5. The Kier molecular flexibility index (Phi) is 9.93. The van der Waals surface area contributed by atoms with Crippen LogP contribution >= 0.6 is 0 Å². The Balaban J connectivity index is 0.000000248. The molecular weight excluding hydrogens is 370 g/mol. The van der Waals surface area contributed by atoms with Crippen LogP contribution in [0.5, 0.6) is 5.75 Å². The van der Waals surface area contributed by atoms with Crippen LogP contribution in [0.15, 0.2) is 48.5 Å². The minimum atomic E-state index is -0.262. The zero-order chi connectivity index (χ0) is 21.8. The summed E-state index contributed by atoms with van der Waals surface area (Å²) in [5.74, 6) is 1.19. The Hall–Kier alpha value is -2.29. The number of ether oxygens (including phenoxy) is 1. The first kappa shape index (κ1) is 24.0. The Morgan fingerprint density at radius 2 is 1.50 bits per heavy atom. The second kappa shape index (κ2) is 12.4. The number of nitrogens with one attached hydrogen (secondary N) is 1. The highest BCUT2D eigenvalue weighted by molar-refractivity contribution is 6.06.